The summed E-state index contributed by atoms with van der Waals surface area (Å²) in [4.78, 5) is 13.5. The van der Waals surface area contributed by atoms with Crippen LogP contribution in [0, 0.1) is 0 Å². The first-order valence-corrected chi connectivity index (χ1v) is 45.0. The number of unbranched alkanes of at least 4 members (excludes halogenated alkanes) is 42. The molecule has 0 aromatic rings. The molecule has 3 fully saturated rings. The van der Waals surface area contributed by atoms with E-state index in [2.05, 4.69) is 104 Å². The SMILES string of the molecule is CC/C=C\C/C=C\C/C=C\C/C=C\C/C=C\C/C=C\CCCCCCCCCCCCCCCCCCCCC(=O)NC(COC1OC(CO)C(OC2OC(CO)C(OC3OC(CO)C(O)C(O)C3O)C(O)C2O)C(O)C1O)C(O)/C=C/CC/C=C/CCCCCCCCCCCCCCCCCCCCCCCCC. The van der Waals surface area contributed by atoms with Gasteiger partial charge in [-0.1, -0.05) is 355 Å². The lowest BCUT2D eigenvalue weighted by atomic mass is 9.96. The lowest BCUT2D eigenvalue weighted by Gasteiger charge is -2.48. The van der Waals surface area contributed by atoms with E-state index in [9.17, 15) is 61.0 Å². The zero-order valence-electron chi connectivity index (χ0n) is 69.4. The summed E-state index contributed by atoms with van der Waals surface area (Å²) in [6.07, 6.45) is 71.3. The smallest absolute Gasteiger partial charge is 0.220 e. The number of hydrogen-bond donors (Lipinski definition) is 12. The molecule has 3 heterocycles. The second-order valence-electron chi connectivity index (χ2n) is 31.7. The minimum atomic E-state index is -1.98. The van der Waals surface area contributed by atoms with Gasteiger partial charge >= 0.3 is 0 Å². The first-order valence-electron chi connectivity index (χ1n) is 45.0. The molecular formula is C92H163NO18. The Bertz CT molecular complexity index is 2380. The van der Waals surface area contributed by atoms with Gasteiger partial charge in [0.15, 0.2) is 18.9 Å². The molecule has 0 aromatic carbocycles. The summed E-state index contributed by atoms with van der Waals surface area (Å²) in [5.41, 5.74) is 0. The molecule has 1 amide bonds. The maximum atomic E-state index is 13.5. The number of hydrogen-bond acceptors (Lipinski definition) is 18. The Hall–Kier alpha value is -3.29. The lowest BCUT2D eigenvalue weighted by Crippen LogP contribution is -2.66. The Morgan fingerprint density at radius 3 is 1.01 bits per heavy atom. The van der Waals surface area contributed by atoms with Gasteiger partial charge in [-0.05, 0) is 83.5 Å². The van der Waals surface area contributed by atoms with Crippen LogP contribution in [0.4, 0.5) is 0 Å². The van der Waals surface area contributed by atoms with Crippen molar-refractivity contribution in [3.05, 3.63) is 97.2 Å². The minimum Gasteiger partial charge on any atom is -0.394 e. The lowest BCUT2D eigenvalue weighted by molar-refractivity contribution is -0.379. The standard InChI is InChI=1S/C92H163NO18/c1-3-5-7-9-11-13-15-17-19-21-23-25-27-29-31-33-34-35-36-37-38-39-40-42-44-46-48-50-52-54-56-58-60-62-64-66-68-70-80(98)93-75(76(97)69-67-65-63-61-59-57-55-53-51-49-47-45-43-41-32-30-28-26-24-22-20-18-16-14-12-10-8-6-4-2)74-106-90-86(104)83(101)88(78(72-95)108-90)111-92-87(105)84(102)89(79(73-96)109-92)110-91-85(103)82(100)81(99)77(71-94)107-91/h5,7,11,13,17,19,23,25,29,31,34-35,59,61,67,69,75-79,81-92,94-97,99-105H,3-4,6,8-10,12,14-16,18,20-22,24,26-28,30,32-33,36-58,60,62-66,68,70-74H2,1-2H3,(H,93,98)/b7-5-,13-11-,19-17-,25-23-,31-29-,35-34-,61-59+,69-67+. The van der Waals surface area contributed by atoms with Gasteiger partial charge in [0.25, 0.3) is 0 Å². The van der Waals surface area contributed by atoms with Gasteiger partial charge in [-0.15, -0.1) is 0 Å². The molecule has 3 saturated heterocycles. The third-order valence-electron chi connectivity index (χ3n) is 21.9. The van der Waals surface area contributed by atoms with E-state index in [1.165, 1.54) is 238 Å². The molecular weight excluding hydrogens is 1410 g/mol. The van der Waals surface area contributed by atoms with E-state index in [4.69, 9.17) is 28.4 Å². The van der Waals surface area contributed by atoms with Crippen LogP contribution in [0.5, 0.6) is 0 Å². The number of aliphatic hydroxyl groups excluding tert-OH is 11. The highest BCUT2D eigenvalue weighted by molar-refractivity contribution is 5.76. The third-order valence-corrected chi connectivity index (χ3v) is 21.9. The van der Waals surface area contributed by atoms with Crippen molar-refractivity contribution in [1.29, 1.82) is 0 Å². The number of ether oxygens (including phenoxy) is 6. The van der Waals surface area contributed by atoms with Crippen LogP contribution >= 0.6 is 0 Å². The Kier molecular flexibility index (Phi) is 65.1. The molecule has 3 aliphatic rings. The van der Waals surface area contributed by atoms with Crippen molar-refractivity contribution >= 4 is 5.91 Å². The molecule has 0 saturated carbocycles. The van der Waals surface area contributed by atoms with Crippen molar-refractivity contribution in [2.75, 3.05) is 26.4 Å². The van der Waals surface area contributed by atoms with Crippen molar-refractivity contribution in [3.63, 3.8) is 0 Å². The molecule has 19 nitrogen and oxygen atoms in total. The highest BCUT2D eigenvalue weighted by Crippen LogP contribution is 2.33. The summed E-state index contributed by atoms with van der Waals surface area (Å²) in [7, 11) is 0. The number of rotatable bonds is 72. The molecule has 644 valence electrons. The summed E-state index contributed by atoms with van der Waals surface area (Å²) >= 11 is 0. The number of carbonyl (C=O) groups is 1. The van der Waals surface area contributed by atoms with Crippen molar-refractivity contribution in [1.82, 2.24) is 5.32 Å². The normalized spacial score (nSPS) is 25.5. The first kappa shape index (κ1) is 102. The van der Waals surface area contributed by atoms with Gasteiger partial charge in [0.2, 0.25) is 5.91 Å². The molecule has 0 bridgehead atoms. The second kappa shape index (κ2) is 70.9. The fraction of sp³-hybridized carbons (Fsp3) is 0.815. The molecule has 17 unspecified atom stereocenters. The van der Waals surface area contributed by atoms with E-state index >= 15 is 0 Å². The predicted molar refractivity (Wildman–Crippen MR) is 447 cm³/mol. The second-order valence-corrected chi connectivity index (χ2v) is 31.7. The van der Waals surface area contributed by atoms with Crippen LogP contribution < -0.4 is 5.32 Å². The van der Waals surface area contributed by atoms with E-state index < -0.39 is 124 Å². The van der Waals surface area contributed by atoms with Crippen molar-refractivity contribution in [3.8, 4) is 0 Å². The maximum Gasteiger partial charge on any atom is 0.220 e. The summed E-state index contributed by atoms with van der Waals surface area (Å²) < 4.78 is 34.5. The number of aliphatic hydroxyl groups is 11. The van der Waals surface area contributed by atoms with Crippen LogP contribution in [0.1, 0.15) is 348 Å². The molecule has 0 radical (unpaired) electrons. The third kappa shape index (κ3) is 49.5. The Labute approximate surface area is 673 Å². The van der Waals surface area contributed by atoms with Gasteiger partial charge < -0.3 is 89.9 Å². The molecule has 0 aromatic heterocycles. The number of nitrogens with one attached hydrogen (secondary N) is 1. The largest absolute Gasteiger partial charge is 0.394 e. The highest BCUT2D eigenvalue weighted by atomic mass is 16.8. The van der Waals surface area contributed by atoms with E-state index in [-0.39, 0.29) is 18.9 Å². The van der Waals surface area contributed by atoms with Crippen molar-refractivity contribution in [2.45, 2.75) is 452 Å². The molecule has 3 aliphatic heterocycles. The van der Waals surface area contributed by atoms with Crippen LogP contribution in [0.25, 0.3) is 0 Å². The predicted octanol–water partition coefficient (Wildman–Crippen LogP) is 17.1. The fourth-order valence-corrected chi connectivity index (χ4v) is 14.7. The molecule has 3 rings (SSSR count). The summed E-state index contributed by atoms with van der Waals surface area (Å²) in [6, 6.07) is -0.996. The number of carbonyl (C=O) groups excluding carboxylic acids is 1. The van der Waals surface area contributed by atoms with E-state index in [1.807, 2.05) is 6.08 Å². The van der Waals surface area contributed by atoms with Crippen LogP contribution in [0.3, 0.4) is 0 Å². The van der Waals surface area contributed by atoms with E-state index in [0.29, 0.717) is 12.8 Å². The molecule has 111 heavy (non-hydrogen) atoms. The zero-order valence-corrected chi connectivity index (χ0v) is 69.4. The van der Waals surface area contributed by atoms with Crippen LogP contribution in [-0.4, -0.2) is 193 Å². The zero-order chi connectivity index (χ0) is 80.3. The average molecular weight is 1570 g/mol. The molecule has 0 aliphatic carbocycles. The first-order chi connectivity index (χ1) is 54.3. The fourth-order valence-electron chi connectivity index (χ4n) is 14.7. The van der Waals surface area contributed by atoms with Gasteiger partial charge in [-0.3, -0.25) is 4.79 Å². The minimum absolute atomic E-state index is 0.234. The van der Waals surface area contributed by atoms with Crippen LogP contribution in [0.15, 0.2) is 97.2 Å². The van der Waals surface area contributed by atoms with Gasteiger partial charge in [-0.25, -0.2) is 0 Å². The van der Waals surface area contributed by atoms with Gasteiger partial charge in [0.05, 0.1) is 38.6 Å². The van der Waals surface area contributed by atoms with Gasteiger partial charge in [-0.2, -0.15) is 0 Å². The number of allylic oxidation sites excluding steroid dienone is 15. The van der Waals surface area contributed by atoms with Gasteiger partial charge in [0.1, 0.15) is 73.2 Å². The quantitative estimate of drug-likeness (QED) is 0.0199. The molecule has 0 spiro atoms. The Balaban J connectivity index is 1.33. The molecule has 19 heteroatoms. The monoisotopic (exact) mass is 1570 g/mol. The highest BCUT2D eigenvalue weighted by Gasteiger charge is 2.54. The van der Waals surface area contributed by atoms with E-state index in [0.717, 1.165) is 77.0 Å². The Morgan fingerprint density at radius 2 is 0.631 bits per heavy atom. The van der Waals surface area contributed by atoms with Crippen LogP contribution in [-0.2, 0) is 33.2 Å². The van der Waals surface area contributed by atoms with E-state index in [1.54, 1.807) is 6.08 Å². The summed E-state index contributed by atoms with van der Waals surface area (Å²) in [6.45, 7) is 1.65. The van der Waals surface area contributed by atoms with Crippen molar-refractivity contribution in [2.24, 2.45) is 0 Å². The van der Waals surface area contributed by atoms with Gasteiger partial charge in [0, 0.05) is 6.42 Å². The Morgan fingerprint density at radius 1 is 0.333 bits per heavy atom. The molecule has 12 N–H and O–H groups in total. The van der Waals surface area contributed by atoms with Crippen LogP contribution in [0.2, 0.25) is 0 Å². The average Bonchev–Trinajstić information content (AvgIpc) is 0.779. The summed E-state index contributed by atoms with van der Waals surface area (Å²) in [5.74, 6) is -0.282. The summed E-state index contributed by atoms with van der Waals surface area (Å²) in [5, 5.41) is 121. The number of amides is 1. The molecule has 17 atom stereocenters. The maximum absolute atomic E-state index is 13.5. The van der Waals surface area contributed by atoms with Crippen molar-refractivity contribution < 1.29 is 89.4 Å². The topological polar surface area (TPSA) is 307 Å².